The first-order valence-corrected chi connectivity index (χ1v) is 8.80. The average Bonchev–Trinajstić information content (AvgIpc) is 2.49. The molecule has 1 aliphatic carbocycles. The fraction of sp³-hybridized carbons (Fsp3) is 0.500. The van der Waals surface area contributed by atoms with Crippen molar-refractivity contribution >= 4 is 39.2 Å². The molecule has 1 amide bonds. The molecule has 1 aromatic carbocycles. The van der Waals surface area contributed by atoms with E-state index in [0.29, 0.717) is 28.6 Å². The Bertz CT molecular complexity index is 552. The van der Waals surface area contributed by atoms with E-state index in [4.69, 9.17) is 12.2 Å². The van der Waals surface area contributed by atoms with Gasteiger partial charge in [-0.1, -0.05) is 48.7 Å². The number of benzene rings is 1. The molecule has 0 unspecified atom stereocenters. The van der Waals surface area contributed by atoms with E-state index in [2.05, 4.69) is 45.9 Å². The molecular weight excluding hydrogens is 362 g/mol. The lowest BCUT2D eigenvalue weighted by Crippen LogP contribution is -2.52. The van der Waals surface area contributed by atoms with Crippen LogP contribution in [0.25, 0.3) is 0 Å². The van der Waals surface area contributed by atoms with E-state index in [9.17, 15) is 4.79 Å². The van der Waals surface area contributed by atoms with Gasteiger partial charge in [0.25, 0.3) is 5.91 Å². The molecule has 0 radical (unpaired) electrons. The van der Waals surface area contributed by atoms with Gasteiger partial charge in [-0.25, -0.2) is 0 Å². The molecule has 1 aliphatic rings. The molecule has 3 N–H and O–H groups in total. The Morgan fingerprint density at radius 3 is 2.77 bits per heavy atom. The van der Waals surface area contributed by atoms with Crippen LogP contribution in [0.3, 0.4) is 0 Å². The van der Waals surface area contributed by atoms with Gasteiger partial charge in [0.05, 0.1) is 0 Å². The standard InChI is InChI=1S/C16H22BrN3OS/c1-10-5-3-8-14(11(10)2)18-16(22)20-19-15(21)12-6-4-7-13(17)9-12/h4,6-7,9-11,14H,3,5,8H2,1-2H3,(H,19,21)(H2,18,20,22)/t10-,11+,14-/m0/s1. The highest BCUT2D eigenvalue weighted by Crippen LogP contribution is 2.29. The van der Waals surface area contributed by atoms with Crippen LogP contribution < -0.4 is 16.2 Å². The molecule has 0 saturated heterocycles. The molecule has 1 saturated carbocycles. The third kappa shape index (κ3) is 4.68. The predicted molar refractivity (Wildman–Crippen MR) is 96.4 cm³/mol. The van der Waals surface area contributed by atoms with Gasteiger partial charge in [-0.2, -0.15) is 0 Å². The summed E-state index contributed by atoms with van der Waals surface area (Å²) in [6.07, 6.45) is 3.61. The third-order valence-corrected chi connectivity index (χ3v) is 5.11. The highest BCUT2D eigenvalue weighted by molar-refractivity contribution is 9.10. The van der Waals surface area contributed by atoms with Gasteiger partial charge in [0.2, 0.25) is 0 Å². The van der Waals surface area contributed by atoms with Crippen molar-refractivity contribution in [1.29, 1.82) is 0 Å². The lowest BCUT2D eigenvalue weighted by atomic mass is 9.78. The Kier molecular flexibility index (Phi) is 6.20. The lowest BCUT2D eigenvalue weighted by Gasteiger charge is -2.35. The van der Waals surface area contributed by atoms with Crippen LogP contribution in [-0.2, 0) is 0 Å². The summed E-state index contributed by atoms with van der Waals surface area (Å²) in [6, 6.07) is 7.58. The Morgan fingerprint density at radius 2 is 2.05 bits per heavy atom. The minimum absolute atomic E-state index is 0.212. The van der Waals surface area contributed by atoms with Crippen LogP contribution in [0.2, 0.25) is 0 Å². The molecule has 6 heteroatoms. The number of halogens is 1. The second-order valence-electron chi connectivity index (χ2n) is 5.94. The molecule has 0 heterocycles. The molecule has 4 nitrogen and oxygen atoms in total. The Morgan fingerprint density at radius 1 is 1.27 bits per heavy atom. The highest BCUT2D eigenvalue weighted by atomic mass is 79.9. The van der Waals surface area contributed by atoms with Gasteiger partial charge in [0.1, 0.15) is 0 Å². The van der Waals surface area contributed by atoms with Crippen molar-refractivity contribution in [2.24, 2.45) is 11.8 Å². The van der Waals surface area contributed by atoms with Crippen molar-refractivity contribution in [3.05, 3.63) is 34.3 Å². The van der Waals surface area contributed by atoms with Gasteiger partial charge < -0.3 is 5.32 Å². The molecule has 0 aliphatic heterocycles. The van der Waals surface area contributed by atoms with Crippen molar-refractivity contribution in [3.63, 3.8) is 0 Å². The van der Waals surface area contributed by atoms with E-state index in [-0.39, 0.29) is 5.91 Å². The van der Waals surface area contributed by atoms with Crippen LogP contribution in [0.4, 0.5) is 0 Å². The topological polar surface area (TPSA) is 53.2 Å². The van der Waals surface area contributed by atoms with Crippen LogP contribution >= 0.6 is 28.1 Å². The van der Waals surface area contributed by atoms with Gasteiger partial charge in [0, 0.05) is 16.1 Å². The zero-order valence-electron chi connectivity index (χ0n) is 12.9. The molecule has 22 heavy (non-hydrogen) atoms. The van der Waals surface area contributed by atoms with Crippen molar-refractivity contribution in [2.45, 2.75) is 39.2 Å². The highest BCUT2D eigenvalue weighted by Gasteiger charge is 2.27. The molecule has 0 aromatic heterocycles. The first kappa shape index (κ1) is 17.2. The number of rotatable bonds is 2. The van der Waals surface area contributed by atoms with Gasteiger partial charge in [-0.05, 0) is 48.7 Å². The zero-order chi connectivity index (χ0) is 16.1. The SMILES string of the molecule is C[C@H]1[C@@H](NC(=S)NNC(=O)c2cccc(Br)c2)CCC[C@@H]1C. The fourth-order valence-corrected chi connectivity index (χ4v) is 3.41. The van der Waals surface area contributed by atoms with E-state index in [1.54, 1.807) is 12.1 Å². The van der Waals surface area contributed by atoms with Gasteiger partial charge in [-0.3, -0.25) is 15.6 Å². The summed E-state index contributed by atoms with van der Waals surface area (Å²) in [5.41, 5.74) is 5.99. The van der Waals surface area contributed by atoms with Crippen LogP contribution in [0.5, 0.6) is 0 Å². The number of thiocarbonyl (C=S) groups is 1. The average molecular weight is 384 g/mol. The largest absolute Gasteiger partial charge is 0.358 e. The van der Waals surface area contributed by atoms with Crippen LogP contribution in [0.15, 0.2) is 28.7 Å². The number of amides is 1. The van der Waals surface area contributed by atoms with E-state index >= 15 is 0 Å². The summed E-state index contributed by atoms with van der Waals surface area (Å²) in [6.45, 7) is 4.54. The van der Waals surface area contributed by atoms with Gasteiger partial charge in [-0.15, -0.1) is 0 Å². The Balaban J connectivity index is 1.81. The molecule has 0 spiro atoms. The maximum absolute atomic E-state index is 12.0. The second-order valence-corrected chi connectivity index (χ2v) is 7.26. The minimum Gasteiger partial charge on any atom is -0.358 e. The quantitative estimate of drug-likeness (QED) is 0.541. The summed E-state index contributed by atoms with van der Waals surface area (Å²) in [7, 11) is 0. The maximum atomic E-state index is 12.0. The smallest absolute Gasteiger partial charge is 0.269 e. The van der Waals surface area contributed by atoms with Crippen LogP contribution in [0.1, 0.15) is 43.5 Å². The summed E-state index contributed by atoms with van der Waals surface area (Å²) in [5.74, 6) is 1.06. The molecular formula is C16H22BrN3OS. The maximum Gasteiger partial charge on any atom is 0.269 e. The summed E-state index contributed by atoms with van der Waals surface area (Å²) >= 11 is 8.62. The molecule has 3 atom stereocenters. The first-order chi connectivity index (χ1) is 10.5. The number of hydrogen-bond donors (Lipinski definition) is 3. The van der Waals surface area contributed by atoms with Crippen molar-refractivity contribution < 1.29 is 4.79 Å². The number of carbonyl (C=O) groups is 1. The third-order valence-electron chi connectivity index (χ3n) is 4.40. The summed E-state index contributed by atoms with van der Waals surface area (Å²) < 4.78 is 0.867. The Hall–Kier alpha value is -1.14. The summed E-state index contributed by atoms with van der Waals surface area (Å²) in [5, 5.41) is 3.78. The van der Waals surface area contributed by atoms with Crippen molar-refractivity contribution in [1.82, 2.24) is 16.2 Å². The normalized spacial score (nSPS) is 24.4. The van der Waals surface area contributed by atoms with Crippen LogP contribution in [0, 0.1) is 11.8 Å². The molecule has 2 rings (SSSR count). The molecule has 1 fully saturated rings. The van der Waals surface area contributed by atoms with Gasteiger partial charge >= 0.3 is 0 Å². The van der Waals surface area contributed by atoms with E-state index < -0.39 is 0 Å². The summed E-state index contributed by atoms with van der Waals surface area (Å²) in [4.78, 5) is 12.0. The number of nitrogens with one attached hydrogen (secondary N) is 3. The van der Waals surface area contributed by atoms with Crippen LogP contribution in [-0.4, -0.2) is 17.1 Å². The number of hydrazine groups is 1. The van der Waals surface area contributed by atoms with Crippen molar-refractivity contribution in [3.8, 4) is 0 Å². The number of hydrogen-bond acceptors (Lipinski definition) is 2. The molecule has 120 valence electrons. The fourth-order valence-electron chi connectivity index (χ4n) is 2.81. The van der Waals surface area contributed by atoms with E-state index in [1.807, 2.05) is 12.1 Å². The second kappa shape index (κ2) is 7.92. The number of carbonyl (C=O) groups excluding carboxylic acids is 1. The zero-order valence-corrected chi connectivity index (χ0v) is 15.3. The molecule has 0 bridgehead atoms. The van der Waals surface area contributed by atoms with E-state index in [1.165, 1.54) is 12.8 Å². The Labute approximate surface area is 145 Å². The van der Waals surface area contributed by atoms with E-state index in [0.717, 1.165) is 10.9 Å². The minimum atomic E-state index is -0.212. The van der Waals surface area contributed by atoms with Gasteiger partial charge in [0.15, 0.2) is 5.11 Å². The predicted octanol–water partition coefficient (Wildman–Crippen LogP) is 3.38. The lowest BCUT2D eigenvalue weighted by molar-refractivity contribution is 0.0943. The molecule has 1 aromatic rings. The monoisotopic (exact) mass is 383 g/mol. The first-order valence-electron chi connectivity index (χ1n) is 7.60. The van der Waals surface area contributed by atoms with Crippen molar-refractivity contribution in [2.75, 3.05) is 0 Å².